The highest BCUT2D eigenvalue weighted by Crippen LogP contribution is 2.24. The second-order valence-electron chi connectivity index (χ2n) is 2.80. The number of nitrogens with zero attached hydrogens (tertiary/aromatic N) is 1. The van der Waals surface area contributed by atoms with E-state index in [1.54, 1.807) is 11.3 Å². The first-order chi connectivity index (χ1) is 6.25. The third-order valence-electron chi connectivity index (χ3n) is 1.71. The van der Waals surface area contributed by atoms with Crippen molar-refractivity contribution >= 4 is 27.3 Å². The predicted octanol–water partition coefficient (Wildman–Crippen LogP) is 3.88. The molecule has 13 heavy (non-hydrogen) atoms. The van der Waals surface area contributed by atoms with E-state index in [0.717, 1.165) is 15.2 Å². The lowest BCUT2D eigenvalue weighted by molar-refractivity contribution is 1.27. The second kappa shape index (κ2) is 3.60. The molecule has 1 nitrogen and oxygen atoms in total. The van der Waals surface area contributed by atoms with E-state index in [1.807, 2.05) is 19.1 Å². The summed E-state index contributed by atoms with van der Waals surface area (Å²) in [6.07, 6.45) is 0. The third-order valence-corrected chi connectivity index (χ3v) is 3.25. The molecule has 1 aromatic carbocycles. The van der Waals surface area contributed by atoms with Gasteiger partial charge in [-0.15, -0.1) is 11.3 Å². The number of hydrogen-bond acceptors (Lipinski definition) is 2. The molecule has 0 aliphatic carbocycles. The van der Waals surface area contributed by atoms with Gasteiger partial charge in [-0.2, -0.15) is 0 Å². The molecule has 0 amide bonds. The highest BCUT2D eigenvalue weighted by Gasteiger charge is 2.00. The van der Waals surface area contributed by atoms with Gasteiger partial charge in [-0.25, -0.2) is 4.98 Å². The molecule has 0 aliphatic heterocycles. The zero-order valence-corrected chi connectivity index (χ0v) is 9.52. The SMILES string of the molecule is Cc1csc(-c2ccc(Br)cc2)n1. The Kier molecular flexibility index (Phi) is 2.47. The summed E-state index contributed by atoms with van der Waals surface area (Å²) in [4.78, 5) is 4.41. The molecule has 0 unspecified atom stereocenters. The van der Waals surface area contributed by atoms with Gasteiger partial charge < -0.3 is 0 Å². The molecule has 0 spiro atoms. The minimum Gasteiger partial charge on any atom is -0.241 e. The third kappa shape index (κ3) is 1.98. The van der Waals surface area contributed by atoms with Gasteiger partial charge in [0.2, 0.25) is 0 Å². The summed E-state index contributed by atoms with van der Waals surface area (Å²) in [6, 6.07) is 8.21. The Labute approximate surface area is 89.6 Å². The van der Waals surface area contributed by atoms with Gasteiger partial charge in [0.05, 0.1) is 0 Å². The van der Waals surface area contributed by atoms with Crippen LogP contribution in [0.4, 0.5) is 0 Å². The van der Waals surface area contributed by atoms with Gasteiger partial charge in [0, 0.05) is 21.1 Å². The van der Waals surface area contributed by atoms with Crippen LogP contribution in [-0.2, 0) is 0 Å². The second-order valence-corrected chi connectivity index (χ2v) is 4.57. The normalized spacial score (nSPS) is 10.3. The van der Waals surface area contributed by atoms with Gasteiger partial charge >= 0.3 is 0 Å². The predicted molar refractivity (Wildman–Crippen MR) is 60.0 cm³/mol. The minimum atomic E-state index is 1.09. The zero-order chi connectivity index (χ0) is 9.26. The van der Waals surface area contributed by atoms with Crippen molar-refractivity contribution in [2.24, 2.45) is 0 Å². The number of halogens is 1. The number of benzene rings is 1. The van der Waals surface area contributed by atoms with E-state index in [-0.39, 0.29) is 0 Å². The Morgan fingerprint density at radius 2 is 1.92 bits per heavy atom. The van der Waals surface area contributed by atoms with Crippen molar-refractivity contribution < 1.29 is 0 Å². The average Bonchev–Trinajstić information content (AvgIpc) is 2.53. The maximum atomic E-state index is 4.41. The van der Waals surface area contributed by atoms with Crippen LogP contribution in [0.15, 0.2) is 34.1 Å². The van der Waals surface area contributed by atoms with Gasteiger partial charge in [0.1, 0.15) is 5.01 Å². The molecule has 66 valence electrons. The van der Waals surface area contributed by atoms with Crippen molar-refractivity contribution in [3.63, 3.8) is 0 Å². The van der Waals surface area contributed by atoms with Crippen molar-refractivity contribution in [3.05, 3.63) is 39.8 Å². The summed E-state index contributed by atoms with van der Waals surface area (Å²) < 4.78 is 1.10. The van der Waals surface area contributed by atoms with Crippen LogP contribution >= 0.6 is 27.3 Å². The van der Waals surface area contributed by atoms with Crippen molar-refractivity contribution in [1.82, 2.24) is 4.98 Å². The monoisotopic (exact) mass is 253 g/mol. The van der Waals surface area contributed by atoms with E-state index < -0.39 is 0 Å². The Bertz CT molecular complexity index is 405. The molecule has 1 aromatic heterocycles. The van der Waals surface area contributed by atoms with Gasteiger partial charge in [0.15, 0.2) is 0 Å². The smallest absolute Gasteiger partial charge is 0.123 e. The maximum absolute atomic E-state index is 4.41. The van der Waals surface area contributed by atoms with E-state index in [0.29, 0.717) is 0 Å². The van der Waals surface area contributed by atoms with Crippen molar-refractivity contribution in [2.75, 3.05) is 0 Å². The zero-order valence-electron chi connectivity index (χ0n) is 7.12. The summed E-state index contributed by atoms with van der Waals surface area (Å²) in [5, 5.41) is 3.15. The molecule has 0 N–H and O–H groups in total. The first kappa shape index (κ1) is 8.91. The van der Waals surface area contributed by atoms with Crippen LogP contribution in [0.2, 0.25) is 0 Å². The Morgan fingerprint density at radius 3 is 2.46 bits per heavy atom. The molecule has 3 heteroatoms. The summed E-state index contributed by atoms with van der Waals surface area (Å²) in [6.45, 7) is 2.01. The standard InChI is InChI=1S/C10H8BrNS/c1-7-6-13-10(12-7)8-2-4-9(11)5-3-8/h2-6H,1H3. The average molecular weight is 254 g/mol. The van der Waals surface area contributed by atoms with Crippen molar-refractivity contribution in [3.8, 4) is 10.6 Å². The van der Waals surface area contributed by atoms with Crippen LogP contribution in [0.25, 0.3) is 10.6 Å². The number of thiazole rings is 1. The highest BCUT2D eigenvalue weighted by atomic mass is 79.9. The molecule has 2 rings (SSSR count). The summed E-state index contributed by atoms with van der Waals surface area (Å²) in [5.74, 6) is 0. The van der Waals surface area contributed by atoms with Gasteiger partial charge in [-0.3, -0.25) is 0 Å². The molecule has 2 aromatic rings. The topological polar surface area (TPSA) is 12.9 Å². The molecule has 0 bridgehead atoms. The molecule has 0 saturated heterocycles. The van der Waals surface area contributed by atoms with Crippen LogP contribution in [0.1, 0.15) is 5.69 Å². The first-order valence-corrected chi connectivity index (χ1v) is 5.61. The Balaban J connectivity index is 2.41. The molecule has 0 fully saturated rings. The highest BCUT2D eigenvalue weighted by molar-refractivity contribution is 9.10. The molecular formula is C10H8BrNS. The maximum Gasteiger partial charge on any atom is 0.123 e. The fraction of sp³-hybridized carbons (Fsp3) is 0.100. The fourth-order valence-electron chi connectivity index (χ4n) is 1.08. The molecule has 1 heterocycles. The van der Waals surface area contributed by atoms with Gasteiger partial charge in [0.25, 0.3) is 0 Å². The molecule has 0 aliphatic rings. The van der Waals surface area contributed by atoms with E-state index in [2.05, 4.69) is 38.4 Å². The van der Waals surface area contributed by atoms with E-state index in [1.165, 1.54) is 5.56 Å². The lowest BCUT2D eigenvalue weighted by atomic mass is 10.2. The Hall–Kier alpha value is -0.670. The molecule has 0 radical (unpaired) electrons. The van der Waals surface area contributed by atoms with E-state index in [4.69, 9.17) is 0 Å². The van der Waals surface area contributed by atoms with Gasteiger partial charge in [-0.05, 0) is 19.1 Å². The summed E-state index contributed by atoms with van der Waals surface area (Å²) in [5.41, 5.74) is 2.27. The van der Waals surface area contributed by atoms with Crippen molar-refractivity contribution in [2.45, 2.75) is 6.92 Å². The quantitative estimate of drug-likeness (QED) is 0.752. The molecule has 0 saturated carbocycles. The van der Waals surface area contributed by atoms with Crippen molar-refractivity contribution in [1.29, 1.82) is 0 Å². The van der Waals surface area contributed by atoms with Crippen LogP contribution in [0.5, 0.6) is 0 Å². The van der Waals surface area contributed by atoms with E-state index in [9.17, 15) is 0 Å². The molecule has 0 atom stereocenters. The van der Waals surface area contributed by atoms with Crippen LogP contribution in [0.3, 0.4) is 0 Å². The Morgan fingerprint density at radius 1 is 1.23 bits per heavy atom. The minimum absolute atomic E-state index is 1.09. The number of hydrogen-bond donors (Lipinski definition) is 0. The number of rotatable bonds is 1. The summed E-state index contributed by atoms with van der Waals surface area (Å²) in [7, 11) is 0. The van der Waals surface area contributed by atoms with E-state index >= 15 is 0 Å². The lowest BCUT2D eigenvalue weighted by Crippen LogP contribution is -1.75. The number of aromatic nitrogens is 1. The first-order valence-electron chi connectivity index (χ1n) is 3.94. The largest absolute Gasteiger partial charge is 0.241 e. The van der Waals surface area contributed by atoms with Crippen LogP contribution < -0.4 is 0 Å². The molecular weight excluding hydrogens is 246 g/mol. The van der Waals surface area contributed by atoms with Crippen LogP contribution in [0, 0.1) is 6.92 Å². The van der Waals surface area contributed by atoms with Gasteiger partial charge in [-0.1, -0.05) is 28.1 Å². The number of aryl methyl sites for hydroxylation is 1. The lowest BCUT2D eigenvalue weighted by Gasteiger charge is -1.95. The summed E-state index contributed by atoms with van der Waals surface area (Å²) >= 11 is 5.09. The van der Waals surface area contributed by atoms with Crippen LogP contribution in [-0.4, -0.2) is 4.98 Å². The fourth-order valence-corrected chi connectivity index (χ4v) is 2.15.